The number of para-hydroxylation sites is 1. The van der Waals surface area contributed by atoms with Crippen molar-refractivity contribution in [2.75, 3.05) is 109 Å². The molecule has 0 radical (unpaired) electrons. The number of hydrogen-bond acceptors (Lipinski definition) is 20. The summed E-state index contributed by atoms with van der Waals surface area (Å²) in [6.07, 6.45) is 59.5. The average molecular weight is 1840 g/mol. The van der Waals surface area contributed by atoms with Gasteiger partial charge in [0.15, 0.2) is 0 Å². The van der Waals surface area contributed by atoms with Crippen molar-refractivity contribution in [3.05, 3.63) is 286 Å². The maximum atomic E-state index is 6.45. The Bertz CT molecular complexity index is 5260. The van der Waals surface area contributed by atoms with Crippen molar-refractivity contribution in [1.29, 1.82) is 0 Å². The summed E-state index contributed by atoms with van der Waals surface area (Å²) < 4.78 is 13.9. The Morgan fingerprint density at radius 3 is 1.11 bits per heavy atom. The molecule has 20 rings (SSSR count). The summed E-state index contributed by atoms with van der Waals surface area (Å²) in [6.45, 7) is 16.4. The van der Waals surface area contributed by atoms with Gasteiger partial charge in [-0.25, -0.2) is 29.6 Å². The molecule has 0 bridgehead atoms. The number of nitrogens with zero attached hydrogens (tertiary/aromatic N) is 25. The molecule has 10 atom stereocenters. The number of piperidine rings is 8. The monoisotopic (exact) mass is 1840 g/mol. The van der Waals surface area contributed by atoms with Crippen LogP contribution in [-0.4, -0.2) is 231 Å². The number of rotatable bonds is 20. The smallest absolute Gasteiger partial charge is 0.126 e. The quantitative estimate of drug-likeness (QED) is 0.0752. The van der Waals surface area contributed by atoms with Crippen LogP contribution in [0.15, 0.2) is 196 Å². The molecule has 0 unspecified atom stereocenters. The molecule has 8 aliphatic rings. The fourth-order valence-corrected chi connectivity index (χ4v) is 22.9. The van der Waals surface area contributed by atoms with Crippen molar-refractivity contribution in [2.24, 2.45) is 0 Å². The summed E-state index contributed by atoms with van der Waals surface area (Å²) in [4.78, 5) is 66.5. The van der Waals surface area contributed by atoms with Gasteiger partial charge in [0.25, 0.3) is 0 Å². The molecule has 26 nitrogen and oxygen atoms in total. The second-order valence-electron chi connectivity index (χ2n) is 38.9. The molecule has 0 amide bonds. The highest BCUT2D eigenvalue weighted by atomic mass is 35.5. The summed E-state index contributed by atoms with van der Waals surface area (Å²) in [5, 5.41) is 9.76. The first-order valence-corrected chi connectivity index (χ1v) is 50.0. The number of nitrogens with one attached hydrogen (secondary N) is 1. The molecule has 11 aromatic heterocycles. The van der Waals surface area contributed by atoms with Gasteiger partial charge in [0.05, 0.1) is 111 Å². The Hall–Kier alpha value is -9.55. The van der Waals surface area contributed by atoms with E-state index < -0.39 is 0 Å². The standard InChI is InChI=1S/C24H26N6.2C21H31N5.C20H28ClN5.C19H28ClN5/c1-18-7-5-12-25-23(18)20-9-4-10-21(28-20)24-26-14-16-29(24)17-19-8-2-3-11-22(19)30-15-6-13-27-30;2*1-16-6-5-11-22-20(16)18-7-4-8-19(25(18)3)21-23-12-15-26(21)17-9-13-24(2)14-10-17;1-24-12-8-15(9-13-24)26-14-11-23-20(26)18-7-3-6-17(25(18)2)19-16(21)5-4-10-22-19;1-23(2)12-6-13-25-14-11-22-19(25)17-9-4-8-16(24(17)3)18-15(20)7-5-10-21-18/h2-3,5-8,11-16,20-21,28H,4,9-10,17H2,1H3;2*5-6,11-12,15,17-19H,4,7-10,13-14H2,1-3H3;4-5,10-11,14-15,17-18H,3,6-9,12-13H2,1-2H3;5,7,10-11,14,16-17H,4,6,8-9,12-13H2,1-3H3/t20-,21+;2*18-,19+;17-,18+;16-,17+/m00000/s1. The molecule has 708 valence electrons. The molecular weight excluding hydrogens is 1700 g/mol. The van der Waals surface area contributed by atoms with Crippen molar-refractivity contribution in [3.63, 3.8) is 0 Å². The Morgan fingerprint density at radius 2 is 0.692 bits per heavy atom. The van der Waals surface area contributed by atoms with Crippen LogP contribution in [0.4, 0.5) is 0 Å². The first-order chi connectivity index (χ1) is 64.8. The summed E-state index contributed by atoms with van der Waals surface area (Å²) in [6, 6.07) is 35.5. The fourth-order valence-electron chi connectivity index (χ4n) is 22.4. The van der Waals surface area contributed by atoms with E-state index in [1.165, 1.54) is 161 Å². The maximum Gasteiger partial charge on any atom is 0.126 e. The van der Waals surface area contributed by atoms with Gasteiger partial charge >= 0.3 is 0 Å². The van der Waals surface area contributed by atoms with E-state index in [0.29, 0.717) is 54.4 Å². The minimum atomic E-state index is 0.219. The molecular formula is C105H144Cl2N26. The molecule has 133 heavy (non-hydrogen) atoms. The zero-order valence-corrected chi connectivity index (χ0v) is 82.3. The van der Waals surface area contributed by atoms with Gasteiger partial charge in [-0.2, -0.15) is 5.10 Å². The van der Waals surface area contributed by atoms with Crippen molar-refractivity contribution in [2.45, 2.75) is 254 Å². The zero-order valence-electron chi connectivity index (χ0n) is 80.8. The van der Waals surface area contributed by atoms with Crippen molar-refractivity contribution < 1.29 is 0 Å². The molecule has 8 aliphatic heterocycles. The second kappa shape index (κ2) is 46.3. The van der Waals surface area contributed by atoms with E-state index in [0.717, 1.165) is 135 Å². The molecule has 12 aromatic rings. The molecule has 28 heteroatoms. The van der Waals surface area contributed by atoms with Gasteiger partial charge in [0.1, 0.15) is 29.1 Å². The lowest BCUT2D eigenvalue weighted by molar-refractivity contribution is 0.0997. The van der Waals surface area contributed by atoms with E-state index in [9.17, 15) is 0 Å². The third kappa shape index (κ3) is 23.4. The van der Waals surface area contributed by atoms with Crippen LogP contribution in [-0.2, 0) is 13.1 Å². The number of halogens is 2. The van der Waals surface area contributed by atoms with E-state index in [1.54, 1.807) is 0 Å². The first kappa shape index (κ1) is 96.6. The number of benzene rings is 1. The van der Waals surface area contributed by atoms with Crippen molar-refractivity contribution in [3.8, 4) is 5.69 Å². The minimum absolute atomic E-state index is 0.219. The molecule has 0 saturated carbocycles. The predicted octanol–water partition coefficient (Wildman–Crippen LogP) is 19.8. The van der Waals surface area contributed by atoms with Crippen LogP contribution < -0.4 is 5.32 Å². The lowest BCUT2D eigenvalue weighted by atomic mass is 9.91. The predicted molar refractivity (Wildman–Crippen MR) is 531 cm³/mol. The highest BCUT2D eigenvalue weighted by Gasteiger charge is 2.41. The zero-order chi connectivity index (χ0) is 92.4. The lowest BCUT2D eigenvalue weighted by Gasteiger charge is -2.40. The number of pyridine rings is 5. The number of hydrogen-bond donors (Lipinski definition) is 1. The average Bonchev–Trinajstić information content (AvgIpc) is 1.65. The van der Waals surface area contributed by atoms with Crippen LogP contribution in [0.2, 0.25) is 10.0 Å². The number of aromatic nitrogens is 17. The molecule has 0 spiro atoms. The SMILES string of the molecule is CN(C)CCCn1ccnc1[C@H]1CCC[C@@H](c2ncccc2Cl)N1C.CN1CCC(n2ccnc2[C@H]2CCC[C@@H](c3ncccc3Cl)N2C)CC1.Cc1cccnc1[C@@H]1CCC[C@H](c2nccn2C2CCN(C)CC2)N1C.Cc1cccnc1[C@@H]1CCC[C@H](c2nccn2C2CCN(C)CC2)N1C.Cc1cccnc1[C@@H]1CCC[C@H](c2nccn2Cc2ccccc2-n2cccn2)N1. The van der Waals surface area contributed by atoms with E-state index in [4.69, 9.17) is 58.1 Å². The number of imidazole rings is 5. The molecule has 8 fully saturated rings. The highest BCUT2D eigenvalue weighted by Crippen LogP contribution is 2.47. The molecule has 8 saturated heterocycles. The number of likely N-dealkylation sites (tertiary alicyclic amines) is 7. The lowest BCUT2D eigenvalue weighted by Crippen LogP contribution is -2.37. The number of aryl methyl sites for hydroxylation is 4. The van der Waals surface area contributed by atoms with E-state index in [1.807, 2.05) is 128 Å². The van der Waals surface area contributed by atoms with E-state index in [2.05, 4.69) is 245 Å². The van der Waals surface area contributed by atoms with Gasteiger partial charge in [0.2, 0.25) is 0 Å². The fraction of sp³-hybridized carbons (Fsp3) is 0.533. The molecule has 19 heterocycles. The Kier molecular flexibility index (Phi) is 33.6. The van der Waals surface area contributed by atoms with Crippen LogP contribution in [0.5, 0.6) is 0 Å². The normalized spacial score (nSPS) is 23.8. The third-order valence-corrected chi connectivity index (χ3v) is 30.5. The molecule has 1 aromatic carbocycles. The maximum absolute atomic E-state index is 6.45. The Morgan fingerprint density at radius 1 is 0.331 bits per heavy atom. The Balaban J connectivity index is 0.000000121. The van der Waals surface area contributed by atoms with Crippen LogP contribution in [0, 0.1) is 20.8 Å². The second-order valence-corrected chi connectivity index (χ2v) is 39.7. The summed E-state index contributed by atoms with van der Waals surface area (Å²) in [7, 11) is 19.8. The summed E-state index contributed by atoms with van der Waals surface area (Å²) in [5.74, 6) is 5.96. The van der Waals surface area contributed by atoms with Gasteiger partial charge in [0, 0.05) is 130 Å². The van der Waals surface area contributed by atoms with Crippen LogP contribution in [0.1, 0.15) is 300 Å². The van der Waals surface area contributed by atoms with Crippen molar-refractivity contribution >= 4 is 23.2 Å². The Labute approximate surface area is 800 Å². The third-order valence-electron chi connectivity index (χ3n) is 29.9. The summed E-state index contributed by atoms with van der Waals surface area (Å²) >= 11 is 12.9. The first-order valence-electron chi connectivity index (χ1n) is 49.3. The van der Waals surface area contributed by atoms with Gasteiger partial charge in [-0.05, 0) is 348 Å². The molecule has 0 aliphatic carbocycles. The van der Waals surface area contributed by atoms with Gasteiger partial charge in [-0.3, -0.25) is 49.8 Å². The largest absolute Gasteiger partial charge is 0.334 e. The highest BCUT2D eigenvalue weighted by molar-refractivity contribution is 6.31. The van der Waals surface area contributed by atoms with E-state index in [-0.39, 0.29) is 24.2 Å². The van der Waals surface area contributed by atoms with Gasteiger partial charge in [-0.1, -0.05) is 59.6 Å². The van der Waals surface area contributed by atoms with Gasteiger partial charge < -0.3 is 42.4 Å². The van der Waals surface area contributed by atoms with Crippen LogP contribution in [0.25, 0.3) is 5.69 Å². The minimum Gasteiger partial charge on any atom is -0.334 e. The van der Waals surface area contributed by atoms with Crippen LogP contribution in [0.3, 0.4) is 0 Å². The molecule has 1 N–H and O–H groups in total. The van der Waals surface area contributed by atoms with Crippen molar-refractivity contribution in [1.82, 2.24) is 127 Å². The topological polar surface area (TPSA) is 209 Å². The van der Waals surface area contributed by atoms with E-state index >= 15 is 0 Å². The van der Waals surface area contributed by atoms with Gasteiger partial charge in [-0.15, -0.1) is 0 Å². The van der Waals surface area contributed by atoms with Crippen LogP contribution >= 0.6 is 23.2 Å². The summed E-state index contributed by atoms with van der Waals surface area (Å²) in [5.41, 5.74) is 11.8.